The van der Waals surface area contributed by atoms with Crippen molar-refractivity contribution in [3.05, 3.63) is 0 Å². The number of rotatable bonds is 2. The minimum absolute atomic E-state index is 0.980. The summed E-state index contributed by atoms with van der Waals surface area (Å²) in [6, 6.07) is 0. The van der Waals surface area contributed by atoms with Crippen LogP contribution in [-0.2, 0) is 0 Å². The average molecular weight is 417 g/mol. The van der Waals surface area contributed by atoms with Crippen molar-refractivity contribution in [2.45, 2.75) is 131 Å². The van der Waals surface area contributed by atoms with E-state index in [2.05, 4.69) is 41.5 Å². The van der Waals surface area contributed by atoms with Crippen LogP contribution in [0.4, 0.5) is 0 Å². The largest absolute Gasteiger partial charge is 0.0656 e. The van der Waals surface area contributed by atoms with Crippen LogP contribution in [-0.4, -0.2) is 0 Å². The van der Waals surface area contributed by atoms with Crippen LogP contribution in [0.15, 0.2) is 0 Å². The van der Waals surface area contributed by atoms with E-state index < -0.39 is 0 Å². The molecule has 0 aromatic rings. The van der Waals surface area contributed by atoms with Gasteiger partial charge in [0.05, 0.1) is 0 Å². The molecule has 0 aromatic heterocycles. The maximum Gasteiger partial charge on any atom is -0.0352 e. The van der Waals surface area contributed by atoms with Crippen LogP contribution in [0.1, 0.15) is 131 Å². The van der Waals surface area contributed by atoms with Gasteiger partial charge in [-0.05, 0) is 91.3 Å². The van der Waals surface area contributed by atoms with Crippen molar-refractivity contribution >= 4 is 0 Å². The Hall–Kier alpha value is 0. The summed E-state index contributed by atoms with van der Waals surface area (Å²) in [7, 11) is 0. The molecular formula is C30H56. The van der Waals surface area contributed by atoms with Crippen LogP contribution in [0.2, 0.25) is 0 Å². The molecule has 4 aliphatic carbocycles. The van der Waals surface area contributed by atoms with Gasteiger partial charge in [0.2, 0.25) is 0 Å². The third-order valence-corrected chi connectivity index (χ3v) is 10.8. The van der Waals surface area contributed by atoms with Crippen molar-refractivity contribution in [3.63, 3.8) is 0 Å². The topological polar surface area (TPSA) is 0 Å². The highest BCUT2D eigenvalue weighted by atomic mass is 14.6. The lowest BCUT2D eigenvalue weighted by molar-refractivity contribution is 0.153. The molecule has 176 valence electrons. The van der Waals surface area contributed by atoms with E-state index >= 15 is 0 Å². The summed E-state index contributed by atoms with van der Waals surface area (Å²) in [5.74, 6) is 10.3. The van der Waals surface area contributed by atoms with Crippen LogP contribution in [0, 0.1) is 59.2 Å². The van der Waals surface area contributed by atoms with Gasteiger partial charge < -0.3 is 0 Å². The van der Waals surface area contributed by atoms with Crippen molar-refractivity contribution in [1.29, 1.82) is 0 Å². The second-order valence-corrected chi connectivity index (χ2v) is 12.3. The second kappa shape index (κ2) is 11.7. The molecule has 4 saturated carbocycles. The molecule has 0 nitrogen and oxygen atoms in total. The summed E-state index contributed by atoms with van der Waals surface area (Å²) in [5, 5.41) is 0. The van der Waals surface area contributed by atoms with Crippen molar-refractivity contribution in [1.82, 2.24) is 0 Å². The maximum atomic E-state index is 2.65. The van der Waals surface area contributed by atoms with Gasteiger partial charge in [-0.3, -0.25) is 0 Å². The Labute approximate surface area is 190 Å². The molecule has 10 atom stereocenters. The second-order valence-electron chi connectivity index (χ2n) is 12.3. The Morgan fingerprint density at radius 1 is 0.433 bits per heavy atom. The lowest BCUT2D eigenvalue weighted by atomic mass is 9.71. The van der Waals surface area contributed by atoms with Gasteiger partial charge >= 0.3 is 0 Å². The first kappa shape index (κ1) is 24.6. The van der Waals surface area contributed by atoms with Gasteiger partial charge in [0.1, 0.15) is 0 Å². The van der Waals surface area contributed by atoms with Gasteiger partial charge in [0.25, 0.3) is 0 Å². The normalized spacial score (nSPS) is 47.0. The molecular weight excluding hydrogens is 360 g/mol. The quantitative estimate of drug-likeness (QED) is 0.420. The number of hydrogen-bond donors (Lipinski definition) is 0. The van der Waals surface area contributed by atoms with Crippen molar-refractivity contribution in [3.8, 4) is 0 Å². The van der Waals surface area contributed by atoms with Gasteiger partial charge in [-0.25, -0.2) is 0 Å². The SMILES string of the molecule is CC1C(C)C(CC2C(C)C(C)C3CCCCCCC32)C2CCCCCCC12.CCC. The minimum Gasteiger partial charge on any atom is -0.0656 e. The molecule has 4 rings (SSSR count). The first-order valence-electron chi connectivity index (χ1n) is 14.5. The highest BCUT2D eigenvalue weighted by Crippen LogP contribution is 2.58. The monoisotopic (exact) mass is 416 g/mol. The van der Waals surface area contributed by atoms with Gasteiger partial charge in [-0.2, -0.15) is 0 Å². The van der Waals surface area contributed by atoms with Crippen LogP contribution >= 0.6 is 0 Å². The van der Waals surface area contributed by atoms with E-state index in [0.29, 0.717) is 0 Å². The van der Waals surface area contributed by atoms with E-state index in [1.165, 1.54) is 57.8 Å². The zero-order chi connectivity index (χ0) is 21.7. The molecule has 0 saturated heterocycles. The predicted octanol–water partition coefficient (Wildman–Crippen LogP) is 9.77. The number of fused-ring (bicyclic) bond motifs is 2. The summed E-state index contributed by atoms with van der Waals surface area (Å²) < 4.78 is 0. The molecule has 0 radical (unpaired) electrons. The van der Waals surface area contributed by atoms with Gasteiger partial charge in [-0.1, -0.05) is 99.3 Å². The van der Waals surface area contributed by atoms with Crippen molar-refractivity contribution in [2.75, 3.05) is 0 Å². The smallest absolute Gasteiger partial charge is 0.0352 e. The van der Waals surface area contributed by atoms with Gasteiger partial charge in [0.15, 0.2) is 0 Å². The van der Waals surface area contributed by atoms with E-state index in [0.717, 1.165) is 59.2 Å². The van der Waals surface area contributed by atoms with E-state index in [9.17, 15) is 0 Å². The molecule has 4 fully saturated rings. The first-order chi connectivity index (χ1) is 14.5. The van der Waals surface area contributed by atoms with E-state index in [1.54, 1.807) is 32.1 Å². The fourth-order valence-corrected chi connectivity index (χ4v) is 8.88. The Bertz CT molecular complexity index is 438. The van der Waals surface area contributed by atoms with Crippen LogP contribution in [0.25, 0.3) is 0 Å². The molecule has 0 heterocycles. The van der Waals surface area contributed by atoms with E-state index in [-0.39, 0.29) is 0 Å². The van der Waals surface area contributed by atoms with Crippen LogP contribution < -0.4 is 0 Å². The van der Waals surface area contributed by atoms with Gasteiger partial charge in [-0.15, -0.1) is 0 Å². The molecule has 0 spiro atoms. The highest BCUT2D eigenvalue weighted by Gasteiger charge is 2.51. The summed E-state index contributed by atoms with van der Waals surface area (Å²) in [5.41, 5.74) is 0. The molecule has 4 aliphatic rings. The molecule has 0 aromatic carbocycles. The van der Waals surface area contributed by atoms with Crippen molar-refractivity contribution < 1.29 is 0 Å². The highest BCUT2D eigenvalue weighted by molar-refractivity contribution is 4.99. The first-order valence-corrected chi connectivity index (χ1v) is 14.5. The molecule has 0 aliphatic heterocycles. The third kappa shape index (κ3) is 5.31. The van der Waals surface area contributed by atoms with E-state index in [1.807, 2.05) is 0 Å². The molecule has 30 heavy (non-hydrogen) atoms. The molecule has 0 N–H and O–H groups in total. The van der Waals surface area contributed by atoms with Crippen LogP contribution in [0.5, 0.6) is 0 Å². The molecule has 0 heteroatoms. The maximum absolute atomic E-state index is 2.65. The van der Waals surface area contributed by atoms with Crippen LogP contribution in [0.3, 0.4) is 0 Å². The molecule has 0 bridgehead atoms. The Morgan fingerprint density at radius 3 is 1.07 bits per heavy atom. The summed E-state index contributed by atoms with van der Waals surface area (Å²) in [6.07, 6.45) is 21.2. The zero-order valence-electron chi connectivity index (χ0n) is 21.7. The van der Waals surface area contributed by atoms with E-state index in [4.69, 9.17) is 0 Å². The van der Waals surface area contributed by atoms with Gasteiger partial charge in [0, 0.05) is 0 Å². The summed E-state index contributed by atoms with van der Waals surface area (Å²) >= 11 is 0. The Morgan fingerprint density at radius 2 is 0.733 bits per heavy atom. The average Bonchev–Trinajstić information content (AvgIpc) is 3.01. The molecule has 0 amide bonds. The standard InChI is InChI=1S/C27H48.C3H8/c1-18-20(3)26(24-15-11-7-5-9-13-22(18)24)17-27-21(4)19(2)23-14-10-6-8-12-16-25(23)27;1-3-2/h18-27H,5-17H2,1-4H3;3H2,1-2H3. The predicted molar refractivity (Wildman–Crippen MR) is 134 cm³/mol. The third-order valence-electron chi connectivity index (χ3n) is 10.8. The minimum atomic E-state index is 0.980. The number of hydrogen-bond acceptors (Lipinski definition) is 0. The molecule has 10 unspecified atom stereocenters. The zero-order valence-corrected chi connectivity index (χ0v) is 21.7. The summed E-state index contributed by atoms with van der Waals surface area (Å²) in [4.78, 5) is 0. The Kier molecular flexibility index (Phi) is 9.65. The Balaban J connectivity index is 0.000000806. The fraction of sp³-hybridized carbons (Fsp3) is 1.00. The van der Waals surface area contributed by atoms with Crippen molar-refractivity contribution in [2.24, 2.45) is 59.2 Å². The lowest BCUT2D eigenvalue weighted by Gasteiger charge is -2.34. The fourth-order valence-electron chi connectivity index (χ4n) is 8.88. The lowest BCUT2D eigenvalue weighted by Crippen LogP contribution is -2.26. The summed E-state index contributed by atoms with van der Waals surface area (Å²) in [6.45, 7) is 14.8.